The van der Waals surface area contributed by atoms with E-state index >= 15 is 0 Å². The molecule has 6 heteroatoms. The van der Waals surface area contributed by atoms with Crippen molar-refractivity contribution >= 4 is 10.1 Å². The van der Waals surface area contributed by atoms with Gasteiger partial charge in [0.2, 0.25) is 0 Å². The molecule has 0 spiro atoms. The van der Waals surface area contributed by atoms with Crippen molar-refractivity contribution in [3.63, 3.8) is 0 Å². The molecule has 0 aliphatic carbocycles. The van der Waals surface area contributed by atoms with E-state index in [0.29, 0.717) is 0 Å². The predicted molar refractivity (Wildman–Crippen MR) is 26.6 cm³/mol. The van der Waals surface area contributed by atoms with Crippen molar-refractivity contribution in [2.24, 2.45) is 5.73 Å². The number of nitrogens with two attached hydrogens (primary N) is 1. The van der Waals surface area contributed by atoms with Gasteiger partial charge >= 0.3 is 29.6 Å². The van der Waals surface area contributed by atoms with E-state index in [4.69, 9.17) is 10.3 Å². The molecule has 4 nitrogen and oxygen atoms in total. The minimum absolute atomic E-state index is 0. The molecule has 0 fully saturated rings. The van der Waals surface area contributed by atoms with Gasteiger partial charge in [-0.2, -0.15) is 8.42 Å². The molecule has 8 heavy (non-hydrogen) atoms. The molecule has 0 saturated carbocycles. The molecule has 0 atom stereocenters. The summed E-state index contributed by atoms with van der Waals surface area (Å²) in [6, 6.07) is 0. The standard InChI is InChI=1S/C2H7NO3S.Na.H/c3-1-2-7(4,5)6;;/h1-3H2,(H,4,5,6);;/q;+1;-1. The predicted octanol–water partition coefficient (Wildman–Crippen LogP) is -4.05. The maximum Gasteiger partial charge on any atom is 1.00 e. The van der Waals surface area contributed by atoms with Gasteiger partial charge in [-0.15, -0.1) is 0 Å². The molecule has 0 aliphatic rings. The Kier molecular flexibility index (Phi) is 6.87. The Labute approximate surface area is 72.0 Å². The normalized spacial score (nSPS) is 10.2. The molecule has 46 valence electrons. The van der Waals surface area contributed by atoms with Crippen molar-refractivity contribution in [3.8, 4) is 0 Å². The fraction of sp³-hybridized carbons (Fsp3) is 1.00. The van der Waals surface area contributed by atoms with Crippen LogP contribution in [0.4, 0.5) is 0 Å². The zero-order chi connectivity index (χ0) is 5.91. The molecule has 3 N–H and O–H groups in total. The maximum absolute atomic E-state index is 9.71. The van der Waals surface area contributed by atoms with Gasteiger partial charge in [0.25, 0.3) is 10.1 Å². The van der Waals surface area contributed by atoms with E-state index in [1.165, 1.54) is 0 Å². The summed E-state index contributed by atoms with van der Waals surface area (Å²) in [5.41, 5.74) is 4.78. The first-order valence-electron chi connectivity index (χ1n) is 1.71. The number of hydrogen-bond donors (Lipinski definition) is 2. The van der Waals surface area contributed by atoms with Crippen molar-refractivity contribution < 1.29 is 44.0 Å². The van der Waals surface area contributed by atoms with Crippen LogP contribution < -0.4 is 35.3 Å². The Bertz CT molecular complexity index is 135. The average molecular weight is 149 g/mol. The largest absolute Gasteiger partial charge is 1.00 e. The van der Waals surface area contributed by atoms with Gasteiger partial charge in [-0.1, -0.05) is 0 Å². The van der Waals surface area contributed by atoms with Gasteiger partial charge in [0.05, 0.1) is 5.75 Å². The Hall–Kier alpha value is 0.870. The monoisotopic (exact) mass is 149 g/mol. The van der Waals surface area contributed by atoms with E-state index in [-0.39, 0.29) is 43.3 Å². The van der Waals surface area contributed by atoms with E-state index in [2.05, 4.69) is 0 Å². The fourth-order valence-corrected chi connectivity index (χ4v) is 0.447. The summed E-state index contributed by atoms with van der Waals surface area (Å²) in [6.45, 7) is -0.0289. The minimum atomic E-state index is -3.80. The topological polar surface area (TPSA) is 80.4 Å². The Balaban J connectivity index is -0.000000180. The summed E-state index contributed by atoms with van der Waals surface area (Å²) in [5.74, 6) is -0.354. The number of hydrogen-bond acceptors (Lipinski definition) is 3. The molecule has 0 aromatic carbocycles. The second kappa shape index (κ2) is 4.72. The average Bonchev–Trinajstić information content (AvgIpc) is 1.30. The smallest absolute Gasteiger partial charge is 1.00 e. The molecule has 0 unspecified atom stereocenters. The first kappa shape index (κ1) is 11.6. The van der Waals surface area contributed by atoms with E-state index in [9.17, 15) is 8.42 Å². The van der Waals surface area contributed by atoms with Crippen molar-refractivity contribution in [2.75, 3.05) is 12.3 Å². The SMILES string of the molecule is NCCS(=O)(=O)O.[H-].[Na+]. The van der Waals surface area contributed by atoms with Crippen LogP contribution in [-0.2, 0) is 10.1 Å². The van der Waals surface area contributed by atoms with Gasteiger partial charge in [-0.25, -0.2) is 0 Å². The summed E-state index contributed by atoms with van der Waals surface area (Å²) in [7, 11) is -3.80. The third-order valence-electron chi connectivity index (χ3n) is 0.376. The van der Waals surface area contributed by atoms with Crippen LogP contribution in [0.2, 0.25) is 0 Å². The molecule has 0 aromatic rings. The summed E-state index contributed by atoms with van der Waals surface area (Å²) in [6.07, 6.45) is 0. The van der Waals surface area contributed by atoms with Crippen molar-refractivity contribution in [3.05, 3.63) is 0 Å². The first-order chi connectivity index (χ1) is 3.06. The van der Waals surface area contributed by atoms with E-state index in [0.717, 1.165) is 0 Å². The molecular formula is C2H8NNaO3S. The van der Waals surface area contributed by atoms with Gasteiger partial charge < -0.3 is 7.16 Å². The van der Waals surface area contributed by atoms with Crippen LogP contribution in [0.3, 0.4) is 0 Å². The quantitative estimate of drug-likeness (QED) is 0.309. The molecule has 0 rings (SSSR count). The molecule has 0 amide bonds. The Morgan fingerprint density at radius 3 is 2.00 bits per heavy atom. The van der Waals surface area contributed by atoms with Crippen molar-refractivity contribution in [1.29, 1.82) is 0 Å². The van der Waals surface area contributed by atoms with Gasteiger partial charge in [0.1, 0.15) is 0 Å². The van der Waals surface area contributed by atoms with Crippen LogP contribution >= 0.6 is 0 Å². The van der Waals surface area contributed by atoms with Gasteiger partial charge in [0.15, 0.2) is 0 Å². The van der Waals surface area contributed by atoms with Crippen LogP contribution in [-0.4, -0.2) is 25.3 Å². The van der Waals surface area contributed by atoms with Crippen LogP contribution in [0.15, 0.2) is 0 Å². The van der Waals surface area contributed by atoms with Crippen molar-refractivity contribution in [1.82, 2.24) is 0 Å². The third-order valence-corrected chi connectivity index (χ3v) is 1.13. The third kappa shape index (κ3) is 9.98. The van der Waals surface area contributed by atoms with Crippen molar-refractivity contribution in [2.45, 2.75) is 0 Å². The zero-order valence-corrected chi connectivity index (χ0v) is 7.48. The molecular weight excluding hydrogens is 141 g/mol. The second-order valence-corrected chi connectivity index (χ2v) is 2.65. The zero-order valence-electron chi connectivity index (χ0n) is 5.66. The molecule has 0 aromatic heterocycles. The number of rotatable bonds is 2. The van der Waals surface area contributed by atoms with E-state index in [1.54, 1.807) is 0 Å². The van der Waals surface area contributed by atoms with Gasteiger partial charge in [-0.3, -0.25) is 4.55 Å². The maximum atomic E-state index is 9.71. The van der Waals surface area contributed by atoms with Gasteiger partial charge in [-0.05, 0) is 0 Å². The van der Waals surface area contributed by atoms with Crippen LogP contribution in [0.5, 0.6) is 0 Å². The molecule has 0 heterocycles. The molecule has 0 radical (unpaired) electrons. The summed E-state index contributed by atoms with van der Waals surface area (Å²) >= 11 is 0. The van der Waals surface area contributed by atoms with Crippen LogP contribution in [0.1, 0.15) is 1.43 Å². The first-order valence-corrected chi connectivity index (χ1v) is 3.32. The summed E-state index contributed by atoms with van der Waals surface area (Å²) < 4.78 is 27.3. The van der Waals surface area contributed by atoms with Gasteiger partial charge in [0, 0.05) is 6.54 Å². The van der Waals surface area contributed by atoms with E-state index in [1.807, 2.05) is 0 Å². The minimum Gasteiger partial charge on any atom is -1.00 e. The summed E-state index contributed by atoms with van der Waals surface area (Å²) in [4.78, 5) is 0. The summed E-state index contributed by atoms with van der Waals surface area (Å²) in [5, 5.41) is 0. The molecule has 0 bridgehead atoms. The Morgan fingerprint density at radius 1 is 1.62 bits per heavy atom. The molecule has 0 aliphatic heterocycles. The Morgan fingerprint density at radius 2 is 2.00 bits per heavy atom. The van der Waals surface area contributed by atoms with Crippen LogP contribution in [0, 0.1) is 0 Å². The van der Waals surface area contributed by atoms with Crippen LogP contribution in [0.25, 0.3) is 0 Å². The van der Waals surface area contributed by atoms with E-state index < -0.39 is 10.1 Å². The molecule has 0 saturated heterocycles. The fourth-order valence-electron chi connectivity index (χ4n) is 0.149. The second-order valence-electron chi connectivity index (χ2n) is 1.07.